The van der Waals surface area contributed by atoms with Gasteiger partial charge in [-0.15, -0.1) is 12.4 Å². The molecule has 2 N–H and O–H groups in total. The first kappa shape index (κ1) is 11.1. The molecule has 5 nitrogen and oxygen atoms in total. The molecule has 0 saturated carbocycles. The molecule has 1 heterocycles. The number of benzene rings is 1. The van der Waals surface area contributed by atoms with Crippen LogP contribution in [0.4, 0.5) is 11.4 Å². The van der Waals surface area contributed by atoms with Gasteiger partial charge in [-0.1, -0.05) is 12.1 Å². The van der Waals surface area contributed by atoms with Gasteiger partial charge in [0.15, 0.2) is 0 Å². The van der Waals surface area contributed by atoms with Crippen LogP contribution in [0.2, 0.25) is 0 Å². The van der Waals surface area contributed by atoms with Crippen LogP contribution in [0.3, 0.4) is 0 Å². The fraction of sp³-hybridized carbons (Fsp3) is 0.143. The Kier molecular flexibility index (Phi) is 2.89. The van der Waals surface area contributed by atoms with Crippen molar-refractivity contribution in [2.45, 2.75) is 0 Å². The van der Waals surface area contributed by atoms with Crippen molar-refractivity contribution in [1.29, 1.82) is 0 Å². The zero-order valence-corrected chi connectivity index (χ0v) is 8.68. The molecule has 0 fully saturated rings. The Morgan fingerprint density at radius 1 is 1.36 bits per heavy atom. The van der Waals surface area contributed by atoms with Crippen molar-refractivity contribution >= 4 is 34.1 Å². The summed E-state index contributed by atoms with van der Waals surface area (Å²) < 4.78 is 31.4. The molecular weight excluding hydrogens is 228 g/mol. The summed E-state index contributed by atoms with van der Waals surface area (Å²) >= 11 is 0. The topological polar surface area (TPSA) is 69.6 Å². The van der Waals surface area contributed by atoms with Gasteiger partial charge in [0.2, 0.25) is 0 Å². The first-order valence-corrected chi connectivity index (χ1v) is 5.07. The number of halogens is 1. The van der Waals surface area contributed by atoms with Crippen LogP contribution in [0.25, 0.3) is 0 Å². The third kappa shape index (κ3) is 1.77. The highest BCUT2D eigenvalue weighted by molar-refractivity contribution is 7.87. The molecule has 14 heavy (non-hydrogen) atoms. The minimum Gasteiger partial charge on any atom is -0.365 e. The highest BCUT2D eigenvalue weighted by Gasteiger charge is 2.26. The first-order valence-electron chi connectivity index (χ1n) is 3.67. The second kappa shape index (κ2) is 3.64. The number of hydrogen-bond donors (Lipinski definition) is 2. The monoisotopic (exact) mass is 236 g/mol. The fourth-order valence-corrected chi connectivity index (χ4v) is 1.92. The molecule has 1 aromatic carbocycles. The molecular formula is C7H9ClN2O3S. The maximum Gasteiger partial charge on any atom is 0.361 e. The Morgan fingerprint density at radius 2 is 2.00 bits per heavy atom. The van der Waals surface area contributed by atoms with E-state index in [1.54, 1.807) is 24.3 Å². The van der Waals surface area contributed by atoms with E-state index in [0.717, 1.165) is 4.31 Å². The van der Waals surface area contributed by atoms with Crippen LogP contribution >= 0.6 is 12.4 Å². The maximum atomic E-state index is 10.8. The van der Waals surface area contributed by atoms with Gasteiger partial charge in [-0.25, -0.2) is 4.31 Å². The summed E-state index contributed by atoms with van der Waals surface area (Å²) in [4.78, 5) is 0. The van der Waals surface area contributed by atoms with E-state index in [1.807, 2.05) is 0 Å². The standard InChI is InChI=1S/C7H8N2O3S.ClH/c10-13(11,12)9-5-8-6-3-1-2-4-7(6)9;/h1-4,8H,5H2,(H,10,11,12);1H. The second-order valence-electron chi connectivity index (χ2n) is 2.68. The molecule has 0 amide bonds. The lowest BCUT2D eigenvalue weighted by Crippen LogP contribution is -2.29. The molecule has 7 heteroatoms. The summed E-state index contributed by atoms with van der Waals surface area (Å²) in [5.74, 6) is 0. The SMILES string of the molecule is Cl.O=S(=O)(O)N1CNc2ccccc21. The average Bonchev–Trinajstić information content (AvgIpc) is 2.45. The van der Waals surface area contributed by atoms with Crippen LogP contribution in [0, 0.1) is 0 Å². The predicted molar refractivity (Wildman–Crippen MR) is 56.2 cm³/mol. The maximum absolute atomic E-state index is 10.8. The van der Waals surface area contributed by atoms with Crippen molar-refractivity contribution in [3.63, 3.8) is 0 Å². The van der Waals surface area contributed by atoms with Crippen LogP contribution in [0.15, 0.2) is 24.3 Å². The van der Waals surface area contributed by atoms with Crippen molar-refractivity contribution in [3.05, 3.63) is 24.3 Å². The Balaban J connectivity index is 0.000000980. The molecule has 2 rings (SSSR count). The molecule has 0 atom stereocenters. The molecule has 0 saturated heterocycles. The fourth-order valence-electron chi connectivity index (χ4n) is 1.29. The van der Waals surface area contributed by atoms with E-state index >= 15 is 0 Å². The molecule has 0 aromatic heterocycles. The van der Waals surface area contributed by atoms with E-state index in [1.165, 1.54) is 0 Å². The quantitative estimate of drug-likeness (QED) is 0.717. The second-order valence-corrected chi connectivity index (χ2v) is 4.01. The third-order valence-electron chi connectivity index (χ3n) is 1.86. The molecule has 0 bridgehead atoms. The molecule has 0 aliphatic carbocycles. The Hall–Kier alpha value is -0.980. The zero-order valence-electron chi connectivity index (χ0n) is 7.04. The van der Waals surface area contributed by atoms with Crippen molar-refractivity contribution in [1.82, 2.24) is 0 Å². The van der Waals surface area contributed by atoms with Gasteiger partial charge in [0.1, 0.15) is 6.67 Å². The van der Waals surface area contributed by atoms with Crippen LogP contribution in [-0.2, 0) is 10.3 Å². The molecule has 78 valence electrons. The molecule has 1 aliphatic heterocycles. The Morgan fingerprint density at radius 3 is 2.64 bits per heavy atom. The van der Waals surface area contributed by atoms with Crippen molar-refractivity contribution in [3.8, 4) is 0 Å². The number of fused-ring (bicyclic) bond motifs is 1. The molecule has 0 radical (unpaired) electrons. The van der Waals surface area contributed by atoms with Gasteiger partial charge in [-0.3, -0.25) is 4.55 Å². The van der Waals surface area contributed by atoms with Crippen molar-refractivity contribution < 1.29 is 13.0 Å². The van der Waals surface area contributed by atoms with Crippen LogP contribution in [-0.4, -0.2) is 19.6 Å². The number of para-hydroxylation sites is 2. The average molecular weight is 237 g/mol. The predicted octanol–water partition coefficient (Wildman–Crippen LogP) is 1.10. The summed E-state index contributed by atoms with van der Waals surface area (Å²) in [7, 11) is -4.15. The van der Waals surface area contributed by atoms with Gasteiger partial charge in [-0.05, 0) is 12.1 Å². The lowest BCUT2D eigenvalue weighted by Gasteiger charge is -2.12. The normalized spacial score (nSPS) is 14.2. The first-order chi connectivity index (χ1) is 6.09. The van der Waals surface area contributed by atoms with Gasteiger partial charge < -0.3 is 5.32 Å². The van der Waals surface area contributed by atoms with Gasteiger partial charge in [0, 0.05) is 0 Å². The van der Waals surface area contributed by atoms with E-state index < -0.39 is 10.3 Å². The number of hydrogen-bond acceptors (Lipinski definition) is 3. The van der Waals surface area contributed by atoms with Crippen LogP contribution in [0.1, 0.15) is 0 Å². The van der Waals surface area contributed by atoms with Crippen molar-refractivity contribution in [2.24, 2.45) is 0 Å². The summed E-state index contributed by atoms with van der Waals surface area (Å²) in [5.41, 5.74) is 1.19. The highest BCUT2D eigenvalue weighted by atomic mass is 35.5. The minimum absolute atomic E-state index is 0. The van der Waals surface area contributed by atoms with E-state index in [0.29, 0.717) is 11.4 Å². The van der Waals surface area contributed by atoms with Crippen LogP contribution in [0.5, 0.6) is 0 Å². The lowest BCUT2D eigenvalue weighted by atomic mass is 10.3. The van der Waals surface area contributed by atoms with E-state index in [9.17, 15) is 8.42 Å². The zero-order chi connectivity index (χ0) is 9.47. The Bertz CT molecular complexity index is 434. The summed E-state index contributed by atoms with van der Waals surface area (Å²) in [6.07, 6.45) is 0. The van der Waals surface area contributed by atoms with E-state index in [-0.39, 0.29) is 19.1 Å². The summed E-state index contributed by atoms with van der Waals surface area (Å²) in [6.45, 7) is 0.0815. The van der Waals surface area contributed by atoms with Gasteiger partial charge in [0.05, 0.1) is 11.4 Å². The Labute approximate surface area is 88.0 Å². The van der Waals surface area contributed by atoms with Crippen molar-refractivity contribution in [2.75, 3.05) is 16.3 Å². The molecule has 0 unspecified atom stereocenters. The number of nitrogens with zero attached hydrogens (tertiary/aromatic N) is 1. The lowest BCUT2D eigenvalue weighted by molar-refractivity contribution is 0.480. The van der Waals surface area contributed by atoms with E-state index in [4.69, 9.17) is 4.55 Å². The molecule has 0 spiro atoms. The number of anilines is 2. The van der Waals surface area contributed by atoms with E-state index in [2.05, 4.69) is 5.32 Å². The van der Waals surface area contributed by atoms with Crippen LogP contribution < -0.4 is 9.62 Å². The number of rotatable bonds is 1. The largest absolute Gasteiger partial charge is 0.365 e. The highest BCUT2D eigenvalue weighted by Crippen LogP contribution is 2.31. The number of nitrogens with one attached hydrogen (secondary N) is 1. The summed E-state index contributed by atoms with van der Waals surface area (Å²) in [6, 6.07) is 6.88. The minimum atomic E-state index is -4.15. The smallest absolute Gasteiger partial charge is 0.361 e. The van der Waals surface area contributed by atoms with Gasteiger partial charge >= 0.3 is 10.3 Å². The van der Waals surface area contributed by atoms with Gasteiger partial charge in [0.25, 0.3) is 0 Å². The third-order valence-corrected chi connectivity index (χ3v) is 2.75. The molecule has 1 aliphatic rings. The van der Waals surface area contributed by atoms with Gasteiger partial charge in [-0.2, -0.15) is 8.42 Å². The summed E-state index contributed by atoms with van der Waals surface area (Å²) in [5, 5.41) is 2.84. The molecule has 1 aromatic rings.